The molecular formula is C17H21ClN4O. The van der Waals surface area contributed by atoms with Crippen molar-refractivity contribution in [2.75, 3.05) is 11.9 Å². The second-order valence-electron chi connectivity index (χ2n) is 5.65. The molecule has 1 aromatic heterocycles. The van der Waals surface area contributed by atoms with Crippen LogP contribution in [0.5, 0.6) is 0 Å². The van der Waals surface area contributed by atoms with E-state index < -0.39 is 0 Å². The van der Waals surface area contributed by atoms with Crippen molar-refractivity contribution >= 4 is 23.5 Å². The number of hydrogen-bond donors (Lipinski definition) is 2. The van der Waals surface area contributed by atoms with Crippen molar-refractivity contribution in [2.24, 2.45) is 0 Å². The average molecular weight is 333 g/mol. The molecule has 1 aromatic carbocycles. The molecule has 2 aromatic rings. The molecule has 0 aliphatic carbocycles. The number of carbonyl (C=O) groups excluding carboxylic acids is 1. The lowest BCUT2D eigenvalue weighted by molar-refractivity contribution is 0.0938. The zero-order valence-electron chi connectivity index (χ0n) is 13.6. The van der Waals surface area contributed by atoms with Crippen LogP contribution in [0.25, 0.3) is 0 Å². The first-order valence-corrected chi connectivity index (χ1v) is 7.96. The topological polar surface area (TPSA) is 66.9 Å². The van der Waals surface area contributed by atoms with Crippen molar-refractivity contribution in [1.29, 1.82) is 0 Å². The second kappa shape index (κ2) is 7.92. The van der Waals surface area contributed by atoms with Gasteiger partial charge in [-0.25, -0.2) is 9.97 Å². The quantitative estimate of drug-likeness (QED) is 0.852. The van der Waals surface area contributed by atoms with Gasteiger partial charge in [0.1, 0.15) is 5.69 Å². The van der Waals surface area contributed by atoms with Crippen LogP contribution in [0.1, 0.15) is 35.6 Å². The zero-order valence-corrected chi connectivity index (χ0v) is 14.3. The molecule has 0 fully saturated rings. The number of amides is 1. The summed E-state index contributed by atoms with van der Waals surface area (Å²) >= 11 is 5.97. The van der Waals surface area contributed by atoms with Gasteiger partial charge in [0.2, 0.25) is 5.95 Å². The van der Waals surface area contributed by atoms with E-state index in [0.29, 0.717) is 18.2 Å². The smallest absolute Gasteiger partial charge is 0.270 e. The van der Waals surface area contributed by atoms with Crippen molar-refractivity contribution in [3.05, 3.63) is 52.3 Å². The zero-order chi connectivity index (χ0) is 16.8. The number of benzene rings is 1. The van der Waals surface area contributed by atoms with Crippen LogP contribution in [0.15, 0.2) is 30.3 Å². The molecule has 0 saturated carbocycles. The van der Waals surface area contributed by atoms with E-state index in [0.717, 1.165) is 22.7 Å². The van der Waals surface area contributed by atoms with Crippen LogP contribution in [0.3, 0.4) is 0 Å². The average Bonchev–Trinajstić information content (AvgIpc) is 2.46. The maximum absolute atomic E-state index is 12.0. The molecule has 0 radical (unpaired) electrons. The summed E-state index contributed by atoms with van der Waals surface area (Å²) in [6, 6.07) is 9.47. The number of hydrogen-bond acceptors (Lipinski definition) is 4. The van der Waals surface area contributed by atoms with Crippen molar-refractivity contribution in [3.8, 4) is 0 Å². The largest absolute Gasteiger partial charge is 0.354 e. The Bertz CT molecular complexity index is 688. The number of anilines is 1. The number of nitrogens with one attached hydrogen (secondary N) is 2. The minimum Gasteiger partial charge on any atom is -0.354 e. The van der Waals surface area contributed by atoms with Gasteiger partial charge in [-0.05, 0) is 51.0 Å². The Kier molecular flexibility index (Phi) is 5.93. The summed E-state index contributed by atoms with van der Waals surface area (Å²) in [6.07, 6.45) is 0.797. The summed E-state index contributed by atoms with van der Waals surface area (Å²) in [6.45, 7) is 6.33. The molecular weight excluding hydrogens is 312 g/mol. The molecule has 5 nitrogen and oxygen atoms in total. The van der Waals surface area contributed by atoms with Crippen molar-refractivity contribution in [2.45, 2.75) is 33.2 Å². The Hall–Kier alpha value is -2.14. The molecule has 0 aliphatic heterocycles. The number of nitrogens with zero attached hydrogens (tertiary/aromatic N) is 2. The fraction of sp³-hybridized carbons (Fsp3) is 0.353. The van der Waals surface area contributed by atoms with Crippen molar-refractivity contribution in [3.63, 3.8) is 0 Å². The first-order chi connectivity index (χ1) is 10.9. The first-order valence-electron chi connectivity index (χ1n) is 7.59. The third kappa shape index (κ3) is 5.53. The predicted octanol–water partition coefficient (Wildman–Crippen LogP) is 3.23. The van der Waals surface area contributed by atoms with Gasteiger partial charge in [0.05, 0.1) is 0 Å². The van der Waals surface area contributed by atoms with Crippen LogP contribution in [-0.2, 0) is 6.42 Å². The number of aromatic nitrogens is 2. The van der Waals surface area contributed by atoms with Gasteiger partial charge < -0.3 is 10.6 Å². The summed E-state index contributed by atoms with van der Waals surface area (Å²) in [7, 11) is 0. The minimum atomic E-state index is -0.191. The van der Waals surface area contributed by atoms with Crippen LogP contribution < -0.4 is 10.6 Å². The van der Waals surface area contributed by atoms with E-state index in [4.69, 9.17) is 11.6 Å². The molecule has 0 saturated heterocycles. The standard InChI is InChI=1S/C17H21ClN4O/c1-11(2)20-16(23)15-9-12(3)21-17(22-15)19-8-7-13-5-4-6-14(18)10-13/h4-6,9-11H,7-8H2,1-3H3,(H,20,23)(H,19,21,22). The highest BCUT2D eigenvalue weighted by Gasteiger charge is 2.11. The van der Waals surface area contributed by atoms with Crippen LogP contribution in [-0.4, -0.2) is 28.5 Å². The van der Waals surface area contributed by atoms with Crippen LogP contribution >= 0.6 is 11.6 Å². The lowest BCUT2D eigenvalue weighted by Gasteiger charge is -2.10. The fourth-order valence-corrected chi connectivity index (χ4v) is 2.32. The van der Waals surface area contributed by atoms with Gasteiger partial charge in [-0.2, -0.15) is 0 Å². The number of carbonyl (C=O) groups is 1. The van der Waals surface area contributed by atoms with Gasteiger partial charge in [-0.1, -0.05) is 23.7 Å². The molecule has 0 unspecified atom stereocenters. The molecule has 0 spiro atoms. The van der Waals surface area contributed by atoms with Gasteiger partial charge in [-0.3, -0.25) is 4.79 Å². The predicted molar refractivity (Wildman–Crippen MR) is 93.0 cm³/mol. The molecule has 0 aliphatic rings. The van der Waals surface area contributed by atoms with Gasteiger partial charge in [0.25, 0.3) is 5.91 Å². The van der Waals surface area contributed by atoms with E-state index in [1.165, 1.54) is 0 Å². The highest BCUT2D eigenvalue weighted by Crippen LogP contribution is 2.11. The Labute approximate surface area is 141 Å². The monoisotopic (exact) mass is 332 g/mol. The molecule has 122 valence electrons. The Morgan fingerprint density at radius 3 is 2.74 bits per heavy atom. The van der Waals surface area contributed by atoms with E-state index >= 15 is 0 Å². The lowest BCUT2D eigenvalue weighted by atomic mass is 10.1. The summed E-state index contributed by atoms with van der Waals surface area (Å²) in [5, 5.41) is 6.71. The molecule has 2 N–H and O–H groups in total. The Morgan fingerprint density at radius 1 is 1.26 bits per heavy atom. The molecule has 23 heavy (non-hydrogen) atoms. The van der Waals surface area contributed by atoms with E-state index in [1.54, 1.807) is 6.07 Å². The van der Waals surface area contributed by atoms with Crippen LogP contribution in [0.4, 0.5) is 5.95 Å². The molecule has 1 amide bonds. The Balaban J connectivity index is 1.99. The lowest BCUT2D eigenvalue weighted by Crippen LogP contribution is -2.31. The minimum absolute atomic E-state index is 0.0667. The summed E-state index contributed by atoms with van der Waals surface area (Å²) < 4.78 is 0. The third-order valence-corrected chi connectivity index (χ3v) is 3.33. The molecule has 6 heteroatoms. The summed E-state index contributed by atoms with van der Waals surface area (Å²) in [4.78, 5) is 20.6. The Morgan fingerprint density at radius 2 is 2.04 bits per heavy atom. The van der Waals surface area contributed by atoms with Gasteiger partial charge in [0, 0.05) is 23.3 Å². The third-order valence-electron chi connectivity index (χ3n) is 3.09. The fourth-order valence-electron chi connectivity index (χ4n) is 2.11. The SMILES string of the molecule is Cc1cc(C(=O)NC(C)C)nc(NCCc2cccc(Cl)c2)n1. The van der Waals surface area contributed by atoms with Crippen LogP contribution in [0, 0.1) is 6.92 Å². The number of aryl methyl sites for hydroxylation is 1. The second-order valence-corrected chi connectivity index (χ2v) is 6.09. The van der Waals surface area contributed by atoms with Gasteiger partial charge in [-0.15, -0.1) is 0 Å². The van der Waals surface area contributed by atoms with Gasteiger partial charge in [0.15, 0.2) is 0 Å². The first kappa shape index (κ1) is 17.2. The molecule has 2 rings (SSSR count). The normalized spacial score (nSPS) is 10.7. The summed E-state index contributed by atoms with van der Waals surface area (Å²) in [5.41, 5.74) is 2.26. The number of rotatable bonds is 6. The highest BCUT2D eigenvalue weighted by molar-refractivity contribution is 6.30. The van der Waals surface area contributed by atoms with E-state index in [2.05, 4.69) is 20.6 Å². The van der Waals surface area contributed by atoms with E-state index in [9.17, 15) is 4.79 Å². The summed E-state index contributed by atoms with van der Waals surface area (Å²) in [5.74, 6) is 0.268. The van der Waals surface area contributed by atoms with E-state index in [1.807, 2.05) is 45.0 Å². The highest BCUT2D eigenvalue weighted by atomic mass is 35.5. The number of halogens is 1. The van der Waals surface area contributed by atoms with Gasteiger partial charge >= 0.3 is 0 Å². The molecule has 1 heterocycles. The molecule has 0 atom stereocenters. The maximum atomic E-state index is 12.0. The maximum Gasteiger partial charge on any atom is 0.270 e. The van der Waals surface area contributed by atoms with E-state index in [-0.39, 0.29) is 11.9 Å². The van der Waals surface area contributed by atoms with Crippen molar-refractivity contribution in [1.82, 2.24) is 15.3 Å². The van der Waals surface area contributed by atoms with Crippen molar-refractivity contribution < 1.29 is 4.79 Å². The molecule has 0 bridgehead atoms. The van der Waals surface area contributed by atoms with Crippen LogP contribution in [0.2, 0.25) is 5.02 Å².